The van der Waals surface area contributed by atoms with Crippen molar-refractivity contribution in [1.82, 2.24) is 0 Å². The summed E-state index contributed by atoms with van der Waals surface area (Å²) in [7, 11) is 1.10. The lowest BCUT2D eigenvalue weighted by Crippen LogP contribution is -2.37. The van der Waals surface area contributed by atoms with E-state index < -0.39 is 38.6 Å². The quantitative estimate of drug-likeness (QED) is 0.0160. The molecule has 0 saturated heterocycles. The molecule has 0 rings (SSSR count). The van der Waals surface area contributed by atoms with Crippen molar-refractivity contribution < 1.29 is 47.2 Å². The van der Waals surface area contributed by atoms with Crippen LogP contribution >= 0.6 is 7.82 Å². The van der Waals surface area contributed by atoms with Gasteiger partial charge in [0.05, 0.1) is 33.9 Å². The van der Waals surface area contributed by atoms with E-state index in [9.17, 15) is 24.2 Å². The number of phosphoric acid groups is 1. The summed E-state index contributed by atoms with van der Waals surface area (Å²) < 4.78 is 33.8. The number of unbranched alkanes of at least 4 members (excludes halogenated alkanes) is 17. The summed E-state index contributed by atoms with van der Waals surface area (Å²) in [4.78, 5) is 37.6. The Morgan fingerprint density at radius 2 is 1.23 bits per heavy atom. The average Bonchev–Trinajstić information content (AvgIpc) is 3.15. The third kappa shape index (κ3) is 41.9. The molecular weight excluding hydrogens is 741 g/mol. The summed E-state index contributed by atoms with van der Waals surface area (Å²) in [6.07, 6.45) is 40.1. The molecular formula is C46H84NO9P. The number of hydrogen-bond acceptors (Lipinski definition) is 9. The van der Waals surface area contributed by atoms with Gasteiger partial charge in [0.25, 0.3) is 7.82 Å². The first-order valence-electron chi connectivity index (χ1n) is 22.5. The van der Waals surface area contributed by atoms with Crippen molar-refractivity contribution in [1.29, 1.82) is 0 Å². The largest absolute Gasteiger partial charge is 0.756 e. The lowest BCUT2D eigenvalue weighted by atomic mass is 10.1. The van der Waals surface area contributed by atoms with Crippen molar-refractivity contribution in [2.45, 2.75) is 187 Å². The van der Waals surface area contributed by atoms with Crippen molar-refractivity contribution in [2.24, 2.45) is 0 Å². The maximum Gasteiger partial charge on any atom is 0.306 e. The SMILES string of the molecule is CC/C=C/C/C=C/C=C/C(O)CCCCCCCC(=O)O[C@H](COC(=O)CCCCCCCCC/C=C\CCCCCCCC)COP(=O)([O-])OCC[N+](C)(C)C. The van der Waals surface area contributed by atoms with E-state index in [1.807, 2.05) is 33.3 Å². The van der Waals surface area contributed by atoms with E-state index in [2.05, 4.69) is 44.2 Å². The topological polar surface area (TPSA) is 131 Å². The van der Waals surface area contributed by atoms with Crippen LogP contribution in [0.2, 0.25) is 0 Å². The number of allylic oxidation sites excluding steroid dienone is 7. The zero-order valence-corrected chi connectivity index (χ0v) is 37.8. The van der Waals surface area contributed by atoms with Crippen molar-refractivity contribution in [3.05, 3.63) is 48.6 Å². The predicted octanol–water partition coefficient (Wildman–Crippen LogP) is 11.0. The summed E-state index contributed by atoms with van der Waals surface area (Å²) >= 11 is 0. The lowest BCUT2D eigenvalue weighted by molar-refractivity contribution is -0.870. The number of hydrogen-bond donors (Lipinski definition) is 1. The molecule has 0 spiro atoms. The Labute approximate surface area is 348 Å². The van der Waals surface area contributed by atoms with E-state index in [4.69, 9.17) is 18.5 Å². The van der Waals surface area contributed by atoms with Gasteiger partial charge in [0.15, 0.2) is 6.10 Å². The highest BCUT2D eigenvalue weighted by atomic mass is 31.2. The monoisotopic (exact) mass is 826 g/mol. The van der Waals surface area contributed by atoms with Crippen LogP contribution in [-0.4, -0.2) is 81.2 Å². The van der Waals surface area contributed by atoms with Gasteiger partial charge in [0.1, 0.15) is 19.8 Å². The third-order valence-corrected chi connectivity index (χ3v) is 10.4. The smallest absolute Gasteiger partial charge is 0.306 e. The maximum absolute atomic E-state index is 12.7. The number of quaternary nitrogens is 1. The Morgan fingerprint density at radius 3 is 1.82 bits per heavy atom. The lowest BCUT2D eigenvalue weighted by Gasteiger charge is -2.28. The van der Waals surface area contributed by atoms with Crippen LogP contribution in [0.1, 0.15) is 174 Å². The highest BCUT2D eigenvalue weighted by Crippen LogP contribution is 2.38. The van der Waals surface area contributed by atoms with Crippen LogP contribution in [0.25, 0.3) is 0 Å². The molecule has 0 aliphatic rings. The Bertz CT molecular complexity index is 1130. The van der Waals surface area contributed by atoms with Crippen LogP contribution in [0.3, 0.4) is 0 Å². The Kier molecular flexibility index (Phi) is 36.8. The number of aliphatic hydroxyl groups is 1. The number of rotatable bonds is 40. The normalized spacial score (nSPS) is 14.6. The van der Waals surface area contributed by atoms with Crippen molar-refractivity contribution >= 4 is 19.8 Å². The van der Waals surface area contributed by atoms with Crippen molar-refractivity contribution in [3.63, 3.8) is 0 Å². The summed E-state index contributed by atoms with van der Waals surface area (Å²) in [5.74, 6) is -0.917. The molecule has 0 aromatic heterocycles. The van der Waals surface area contributed by atoms with E-state index in [1.165, 1.54) is 64.2 Å². The number of phosphoric ester groups is 1. The second-order valence-electron chi connectivity index (χ2n) is 16.2. The molecule has 0 aromatic rings. The predicted molar refractivity (Wildman–Crippen MR) is 233 cm³/mol. The Hall–Kier alpha value is -2.07. The first kappa shape index (κ1) is 54.9. The van der Waals surface area contributed by atoms with E-state index in [0.717, 1.165) is 64.2 Å². The van der Waals surface area contributed by atoms with Gasteiger partial charge in [-0.25, -0.2) is 0 Å². The molecule has 1 N–H and O–H groups in total. The van der Waals surface area contributed by atoms with E-state index in [1.54, 1.807) is 6.08 Å². The minimum absolute atomic E-state index is 0.0510. The van der Waals surface area contributed by atoms with Crippen LogP contribution in [0.15, 0.2) is 48.6 Å². The molecule has 0 aromatic carbocycles. The zero-order valence-electron chi connectivity index (χ0n) is 36.9. The molecule has 57 heavy (non-hydrogen) atoms. The van der Waals surface area contributed by atoms with Crippen molar-refractivity contribution in [2.75, 3.05) is 47.5 Å². The van der Waals surface area contributed by atoms with E-state index in [0.29, 0.717) is 30.3 Å². The van der Waals surface area contributed by atoms with Crippen LogP contribution in [-0.2, 0) is 32.7 Å². The molecule has 2 unspecified atom stereocenters. The van der Waals surface area contributed by atoms with Crippen LogP contribution in [0.5, 0.6) is 0 Å². The molecule has 3 atom stereocenters. The van der Waals surface area contributed by atoms with Crippen LogP contribution < -0.4 is 4.89 Å². The minimum atomic E-state index is -4.65. The van der Waals surface area contributed by atoms with Gasteiger partial charge in [-0.15, -0.1) is 0 Å². The fourth-order valence-electron chi connectivity index (χ4n) is 5.89. The van der Waals surface area contributed by atoms with Gasteiger partial charge in [-0.3, -0.25) is 14.2 Å². The highest BCUT2D eigenvalue weighted by molar-refractivity contribution is 7.45. The van der Waals surface area contributed by atoms with Gasteiger partial charge in [-0.2, -0.15) is 0 Å². The highest BCUT2D eigenvalue weighted by Gasteiger charge is 2.21. The summed E-state index contributed by atoms with van der Waals surface area (Å²) in [6.45, 7) is 3.97. The number of nitrogens with zero attached hydrogens (tertiary/aromatic N) is 1. The minimum Gasteiger partial charge on any atom is -0.756 e. The van der Waals surface area contributed by atoms with Gasteiger partial charge < -0.3 is 33.0 Å². The molecule has 0 fully saturated rings. The molecule has 11 heteroatoms. The molecule has 0 bridgehead atoms. The standard InChI is InChI=1S/C46H84NO9P/c1-6-8-10-12-14-15-16-17-18-19-20-21-22-23-25-29-33-37-45(49)53-41-44(42-55-57(51,52)54-40-39-47(3,4)5)56-46(50)38-34-30-26-28-32-36-43(48)35-31-27-24-13-11-9-7-2/h9,11,17-18,24,27,31,35,43-44,48H,6-8,10,12-16,19-23,25-26,28-30,32-34,36-42H2,1-5H3/b11-9+,18-17-,27-24+,35-31+/t43?,44-/m1/s1. The summed E-state index contributed by atoms with van der Waals surface area (Å²) in [6, 6.07) is 0. The number of carbonyl (C=O) groups is 2. The van der Waals surface area contributed by atoms with Gasteiger partial charge in [0.2, 0.25) is 0 Å². The summed E-state index contributed by atoms with van der Waals surface area (Å²) in [5.41, 5.74) is 0. The molecule has 10 nitrogen and oxygen atoms in total. The zero-order chi connectivity index (χ0) is 42.3. The van der Waals surface area contributed by atoms with E-state index in [-0.39, 0.29) is 26.1 Å². The maximum atomic E-state index is 12.7. The molecule has 0 amide bonds. The fraction of sp³-hybridized carbons (Fsp3) is 0.783. The third-order valence-electron chi connectivity index (χ3n) is 9.44. The molecule has 332 valence electrons. The average molecular weight is 826 g/mol. The first-order valence-corrected chi connectivity index (χ1v) is 23.9. The number of likely N-dealkylation sites (N-methyl/N-ethyl adjacent to an activating group) is 1. The van der Waals surface area contributed by atoms with Crippen LogP contribution in [0, 0.1) is 0 Å². The number of aliphatic hydroxyl groups excluding tert-OH is 1. The number of carbonyl (C=O) groups excluding carboxylic acids is 2. The number of esters is 2. The van der Waals surface area contributed by atoms with Crippen LogP contribution in [0.4, 0.5) is 0 Å². The summed E-state index contributed by atoms with van der Waals surface area (Å²) in [5, 5.41) is 10.2. The molecule has 0 radical (unpaired) electrons. The van der Waals surface area contributed by atoms with Gasteiger partial charge in [-0.1, -0.05) is 152 Å². The second-order valence-corrected chi connectivity index (χ2v) is 17.6. The Morgan fingerprint density at radius 1 is 0.667 bits per heavy atom. The van der Waals surface area contributed by atoms with Gasteiger partial charge in [-0.05, 0) is 57.8 Å². The molecule has 0 aliphatic heterocycles. The number of ether oxygens (including phenoxy) is 2. The Balaban J connectivity index is 4.43. The molecule has 0 aliphatic carbocycles. The van der Waals surface area contributed by atoms with Gasteiger partial charge >= 0.3 is 11.9 Å². The second kappa shape index (κ2) is 38.2. The van der Waals surface area contributed by atoms with Gasteiger partial charge in [0, 0.05) is 12.8 Å². The van der Waals surface area contributed by atoms with Crippen molar-refractivity contribution in [3.8, 4) is 0 Å². The fourth-order valence-corrected chi connectivity index (χ4v) is 6.62. The first-order chi connectivity index (χ1) is 27.4. The molecule has 0 heterocycles. The molecule has 0 saturated carbocycles. The van der Waals surface area contributed by atoms with E-state index >= 15 is 0 Å².